The molecule has 0 unspecified atom stereocenters. The Hall–Kier alpha value is -1.07. The zero-order valence-corrected chi connectivity index (χ0v) is 8.08. The number of hydrogen-bond acceptors (Lipinski definition) is 5. The van der Waals surface area contributed by atoms with Gasteiger partial charge in [0.15, 0.2) is 5.76 Å². The van der Waals surface area contributed by atoms with Crippen molar-refractivity contribution in [1.29, 1.82) is 0 Å². The van der Waals surface area contributed by atoms with Crippen molar-refractivity contribution in [2.75, 3.05) is 25.0 Å². The monoisotopic (exact) mass is 197 g/mol. The molecule has 3 N–H and O–H groups in total. The molecule has 14 heavy (non-hydrogen) atoms. The summed E-state index contributed by atoms with van der Waals surface area (Å²) < 4.78 is 10.7. The first-order valence-electron chi connectivity index (χ1n) is 4.90. The molecular formula is C9H15N3O2. The van der Waals surface area contributed by atoms with Gasteiger partial charge >= 0.3 is 0 Å². The third-order valence-electron chi connectivity index (χ3n) is 2.15. The zero-order valence-electron chi connectivity index (χ0n) is 8.08. The molecule has 1 aliphatic heterocycles. The maximum Gasteiger partial charge on any atom is 0.295 e. The molecule has 2 rings (SSSR count). The summed E-state index contributed by atoms with van der Waals surface area (Å²) in [7, 11) is 0. The minimum Gasteiger partial charge on any atom is -0.426 e. The Kier molecular flexibility index (Phi) is 3.00. The highest BCUT2D eigenvalue weighted by atomic mass is 16.5. The number of nitrogens with one attached hydrogen (secondary N) is 1. The highest BCUT2D eigenvalue weighted by Crippen LogP contribution is 2.20. The molecule has 0 bridgehead atoms. The lowest BCUT2D eigenvalue weighted by molar-refractivity contribution is 0.0940. The van der Waals surface area contributed by atoms with E-state index in [9.17, 15) is 0 Å². The second-order valence-corrected chi connectivity index (χ2v) is 3.26. The van der Waals surface area contributed by atoms with Crippen LogP contribution in [0.1, 0.15) is 17.9 Å². The summed E-state index contributed by atoms with van der Waals surface area (Å²) >= 11 is 0. The van der Waals surface area contributed by atoms with E-state index < -0.39 is 0 Å². The molecule has 1 aliphatic rings. The van der Waals surface area contributed by atoms with Gasteiger partial charge in [0.25, 0.3) is 6.01 Å². The summed E-state index contributed by atoms with van der Waals surface area (Å²) in [5, 5.41) is 3.09. The van der Waals surface area contributed by atoms with Crippen LogP contribution in [0.4, 0.5) is 6.01 Å². The van der Waals surface area contributed by atoms with Crippen LogP contribution in [-0.4, -0.2) is 24.7 Å². The van der Waals surface area contributed by atoms with Gasteiger partial charge in [-0.05, 0) is 13.0 Å². The molecular weight excluding hydrogens is 182 g/mol. The summed E-state index contributed by atoms with van der Waals surface area (Å²) in [6.07, 6.45) is 1.76. The van der Waals surface area contributed by atoms with E-state index in [0.717, 1.165) is 37.4 Å². The number of rotatable bonds is 4. The number of anilines is 1. The minimum absolute atomic E-state index is 0.543. The molecule has 0 radical (unpaired) electrons. The summed E-state index contributed by atoms with van der Waals surface area (Å²) in [6, 6.07) is 0.592. The van der Waals surface area contributed by atoms with Crippen molar-refractivity contribution in [3.63, 3.8) is 0 Å². The normalized spacial score (nSPS) is 15.2. The van der Waals surface area contributed by atoms with Gasteiger partial charge in [0.2, 0.25) is 0 Å². The molecule has 1 aromatic heterocycles. The first kappa shape index (κ1) is 9.48. The highest BCUT2D eigenvalue weighted by molar-refractivity contribution is 5.26. The van der Waals surface area contributed by atoms with Gasteiger partial charge in [-0.15, -0.1) is 0 Å². The number of aromatic nitrogens is 1. The molecule has 0 atom stereocenters. The Bertz CT molecular complexity index is 275. The van der Waals surface area contributed by atoms with Gasteiger partial charge < -0.3 is 20.2 Å². The van der Waals surface area contributed by atoms with E-state index in [2.05, 4.69) is 10.3 Å². The van der Waals surface area contributed by atoms with E-state index in [-0.39, 0.29) is 0 Å². The van der Waals surface area contributed by atoms with Gasteiger partial charge in [-0.25, -0.2) is 0 Å². The van der Waals surface area contributed by atoms with Crippen molar-refractivity contribution in [2.45, 2.75) is 19.4 Å². The molecule has 0 aromatic carbocycles. The van der Waals surface area contributed by atoms with E-state index in [0.29, 0.717) is 19.2 Å². The van der Waals surface area contributed by atoms with Crippen LogP contribution in [0.25, 0.3) is 0 Å². The van der Waals surface area contributed by atoms with Crippen LogP contribution in [0.3, 0.4) is 0 Å². The first-order valence-corrected chi connectivity index (χ1v) is 4.90. The average molecular weight is 197 g/mol. The summed E-state index contributed by atoms with van der Waals surface area (Å²) in [5.74, 6) is 0.853. The van der Waals surface area contributed by atoms with Crippen molar-refractivity contribution in [1.82, 2.24) is 4.98 Å². The van der Waals surface area contributed by atoms with Crippen LogP contribution >= 0.6 is 0 Å². The van der Waals surface area contributed by atoms with Gasteiger partial charge in [0.1, 0.15) is 6.61 Å². The van der Waals surface area contributed by atoms with E-state index >= 15 is 0 Å². The third kappa shape index (κ3) is 2.05. The fourth-order valence-electron chi connectivity index (χ4n) is 1.40. The Morgan fingerprint density at radius 2 is 2.43 bits per heavy atom. The molecule has 5 heteroatoms. The van der Waals surface area contributed by atoms with Gasteiger partial charge in [0.05, 0.1) is 12.3 Å². The quantitative estimate of drug-likeness (QED) is 0.688. The number of fused-ring (bicyclic) bond motifs is 1. The van der Waals surface area contributed by atoms with Crippen LogP contribution in [0.15, 0.2) is 4.42 Å². The first-order chi connectivity index (χ1) is 6.90. The van der Waals surface area contributed by atoms with Gasteiger partial charge in [0, 0.05) is 13.0 Å². The molecule has 0 spiro atoms. The zero-order chi connectivity index (χ0) is 9.80. The largest absolute Gasteiger partial charge is 0.426 e. The molecule has 0 fully saturated rings. The van der Waals surface area contributed by atoms with Crippen molar-refractivity contribution in [3.05, 3.63) is 11.5 Å². The van der Waals surface area contributed by atoms with Crippen molar-refractivity contribution in [2.24, 2.45) is 5.73 Å². The molecule has 0 aliphatic carbocycles. The van der Waals surface area contributed by atoms with E-state index in [4.69, 9.17) is 14.9 Å². The third-order valence-corrected chi connectivity index (χ3v) is 2.15. The maximum atomic E-state index is 5.46. The SMILES string of the molecule is NCCCNc1nc2c(o1)COCC2. The molecule has 5 nitrogen and oxygen atoms in total. The predicted molar refractivity (Wildman–Crippen MR) is 52.0 cm³/mol. The van der Waals surface area contributed by atoms with Crippen LogP contribution in [-0.2, 0) is 17.8 Å². The second-order valence-electron chi connectivity index (χ2n) is 3.26. The molecule has 0 saturated heterocycles. The van der Waals surface area contributed by atoms with Gasteiger partial charge in [-0.2, -0.15) is 4.98 Å². The Balaban J connectivity index is 1.94. The Morgan fingerprint density at radius 3 is 3.21 bits per heavy atom. The van der Waals surface area contributed by atoms with E-state index in [1.54, 1.807) is 0 Å². The molecule has 0 saturated carbocycles. The van der Waals surface area contributed by atoms with Gasteiger partial charge in [-0.3, -0.25) is 0 Å². The number of hydrogen-bond donors (Lipinski definition) is 2. The lowest BCUT2D eigenvalue weighted by atomic mass is 10.2. The van der Waals surface area contributed by atoms with Gasteiger partial charge in [-0.1, -0.05) is 0 Å². The summed E-state index contributed by atoms with van der Waals surface area (Å²) in [4.78, 5) is 4.32. The van der Waals surface area contributed by atoms with Crippen molar-refractivity contribution < 1.29 is 9.15 Å². The van der Waals surface area contributed by atoms with E-state index in [1.165, 1.54) is 0 Å². The van der Waals surface area contributed by atoms with E-state index in [1.807, 2.05) is 0 Å². The van der Waals surface area contributed by atoms with Crippen LogP contribution in [0.2, 0.25) is 0 Å². The summed E-state index contributed by atoms with van der Waals surface area (Å²) in [6.45, 7) is 2.76. The standard InChI is InChI=1S/C9H15N3O2/c10-3-1-4-11-9-12-7-2-5-13-6-8(7)14-9/h1-6,10H2,(H,11,12). The number of ether oxygens (including phenoxy) is 1. The van der Waals surface area contributed by atoms with Crippen LogP contribution in [0.5, 0.6) is 0 Å². The smallest absolute Gasteiger partial charge is 0.295 e. The maximum absolute atomic E-state index is 5.46. The number of nitrogens with two attached hydrogens (primary N) is 1. The molecule has 0 amide bonds. The van der Waals surface area contributed by atoms with Crippen molar-refractivity contribution >= 4 is 6.01 Å². The second kappa shape index (κ2) is 4.43. The van der Waals surface area contributed by atoms with Crippen LogP contribution in [0, 0.1) is 0 Å². The topological polar surface area (TPSA) is 73.3 Å². The molecule has 2 heterocycles. The summed E-state index contributed by atoms with van der Waals surface area (Å²) in [5.41, 5.74) is 6.40. The lowest BCUT2D eigenvalue weighted by Gasteiger charge is -2.07. The fourth-order valence-corrected chi connectivity index (χ4v) is 1.40. The van der Waals surface area contributed by atoms with Crippen LogP contribution < -0.4 is 11.1 Å². The highest BCUT2D eigenvalue weighted by Gasteiger charge is 2.16. The molecule has 1 aromatic rings. The predicted octanol–water partition coefficient (Wildman–Crippen LogP) is 0.508. The average Bonchev–Trinajstić information content (AvgIpc) is 2.60. The fraction of sp³-hybridized carbons (Fsp3) is 0.667. The Morgan fingerprint density at radius 1 is 1.50 bits per heavy atom. The number of oxazole rings is 1. The minimum atomic E-state index is 0.543. The molecule has 78 valence electrons. The lowest BCUT2D eigenvalue weighted by Crippen LogP contribution is -2.09. The van der Waals surface area contributed by atoms with Crippen molar-refractivity contribution in [3.8, 4) is 0 Å². The number of nitrogens with zero attached hydrogens (tertiary/aromatic N) is 1. The Labute approximate surface area is 82.6 Å².